The van der Waals surface area contributed by atoms with Crippen molar-refractivity contribution in [2.75, 3.05) is 33.7 Å². The molecule has 3 heterocycles. The van der Waals surface area contributed by atoms with E-state index < -0.39 is 5.41 Å². The zero-order valence-electron chi connectivity index (χ0n) is 15.5. The van der Waals surface area contributed by atoms with Gasteiger partial charge in [0.15, 0.2) is 0 Å². The highest BCUT2D eigenvalue weighted by atomic mass is 16.6. The molecule has 1 unspecified atom stereocenters. The Bertz CT molecular complexity index is 658. The number of likely N-dealkylation sites (tertiary alicyclic amines) is 1. The standard InChI is InChI=1S/C19H27N3O3/c1-13-9-15(10-14(2)20-13)17(23)22-7-5-19(6-8-22)11-16(12-21(3)4)25-18(19)24/h9-10,16H,5-8,11-12H2,1-4H3. The smallest absolute Gasteiger partial charge is 0.312 e. The molecule has 136 valence electrons. The van der Waals surface area contributed by atoms with Gasteiger partial charge in [-0.3, -0.25) is 14.6 Å². The fourth-order valence-corrected chi connectivity index (χ4v) is 4.03. The van der Waals surface area contributed by atoms with Crippen LogP contribution in [0.25, 0.3) is 0 Å². The lowest BCUT2D eigenvalue weighted by molar-refractivity contribution is -0.150. The van der Waals surface area contributed by atoms with Crippen LogP contribution in [0.1, 0.15) is 41.0 Å². The highest BCUT2D eigenvalue weighted by Crippen LogP contribution is 2.43. The molecular formula is C19H27N3O3. The maximum Gasteiger partial charge on any atom is 0.312 e. The highest BCUT2D eigenvalue weighted by Gasteiger charge is 2.50. The summed E-state index contributed by atoms with van der Waals surface area (Å²) in [7, 11) is 3.97. The Morgan fingerprint density at radius 3 is 2.44 bits per heavy atom. The van der Waals surface area contributed by atoms with Crippen molar-refractivity contribution in [2.24, 2.45) is 5.41 Å². The number of rotatable bonds is 3. The zero-order chi connectivity index (χ0) is 18.2. The number of nitrogens with zero attached hydrogens (tertiary/aromatic N) is 3. The Morgan fingerprint density at radius 1 is 1.28 bits per heavy atom. The first-order valence-electron chi connectivity index (χ1n) is 8.89. The number of amides is 1. The summed E-state index contributed by atoms with van der Waals surface area (Å²) in [5.74, 6) is -0.0540. The minimum atomic E-state index is -0.401. The van der Waals surface area contributed by atoms with Crippen LogP contribution >= 0.6 is 0 Å². The molecule has 2 fully saturated rings. The summed E-state index contributed by atoms with van der Waals surface area (Å²) >= 11 is 0. The number of pyridine rings is 1. The fourth-order valence-electron chi connectivity index (χ4n) is 4.03. The van der Waals surface area contributed by atoms with Gasteiger partial charge in [-0.25, -0.2) is 0 Å². The first-order chi connectivity index (χ1) is 11.8. The average Bonchev–Trinajstić information content (AvgIpc) is 2.81. The van der Waals surface area contributed by atoms with E-state index in [9.17, 15) is 9.59 Å². The third-order valence-electron chi connectivity index (χ3n) is 5.23. The van der Waals surface area contributed by atoms with Gasteiger partial charge in [0.1, 0.15) is 6.10 Å². The quantitative estimate of drug-likeness (QED) is 0.782. The van der Waals surface area contributed by atoms with E-state index in [0.29, 0.717) is 31.5 Å². The number of esters is 1. The molecule has 1 aromatic heterocycles. The second kappa shape index (κ2) is 6.75. The number of hydrogen-bond donors (Lipinski definition) is 0. The van der Waals surface area contributed by atoms with Gasteiger partial charge in [0.05, 0.1) is 5.41 Å². The van der Waals surface area contributed by atoms with Crippen LogP contribution < -0.4 is 0 Å². The summed E-state index contributed by atoms with van der Waals surface area (Å²) in [6.45, 7) is 5.75. The number of aromatic nitrogens is 1. The molecule has 6 nitrogen and oxygen atoms in total. The molecule has 2 aliphatic rings. The van der Waals surface area contributed by atoms with Crippen LogP contribution in [0, 0.1) is 19.3 Å². The van der Waals surface area contributed by atoms with Crippen molar-refractivity contribution < 1.29 is 14.3 Å². The van der Waals surface area contributed by atoms with Crippen LogP contribution in [0.15, 0.2) is 12.1 Å². The van der Waals surface area contributed by atoms with Gasteiger partial charge in [0, 0.05) is 43.0 Å². The molecule has 3 rings (SSSR count). The number of hydrogen-bond acceptors (Lipinski definition) is 5. The predicted molar refractivity (Wildman–Crippen MR) is 94.3 cm³/mol. The number of cyclic esters (lactones) is 1. The number of ether oxygens (including phenoxy) is 1. The van der Waals surface area contributed by atoms with E-state index in [1.54, 1.807) is 0 Å². The Labute approximate surface area is 149 Å². The maximum absolute atomic E-state index is 12.8. The molecule has 1 amide bonds. The van der Waals surface area contributed by atoms with Crippen LogP contribution in [0.4, 0.5) is 0 Å². The second-order valence-corrected chi connectivity index (χ2v) is 7.70. The molecule has 1 atom stereocenters. The maximum atomic E-state index is 12.8. The van der Waals surface area contributed by atoms with Gasteiger partial charge in [-0.15, -0.1) is 0 Å². The Morgan fingerprint density at radius 2 is 1.88 bits per heavy atom. The summed E-state index contributed by atoms with van der Waals surface area (Å²) in [6, 6.07) is 3.66. The fraction of sp³-hybridized carbons (Fsp3) is 0.632. The molecule has 0 aromatic carbocycles. The molecule has 0 N–H and O–H groups in total. The van der Waals surface area contributed by atoms with Crippen molar-refractivity contribution in [1.82, 2.24) is 14.8 Å². The van der Waals surface area contributed by atoms with E-state index >= 15 is 0 Å². The lowest BCUT2D eigenvalue weighted by Crippen LogP contribution is -2.45. The second-order valence-electron chi connectivity index (χ2n) is 7.70. The SMILES string of the molecule is Cc1cc(C(=O)N2CCC3(CC2)CC(CN(C)C)OC3=O)cc(C)n1. The van der Waals surface area contributed by atoms with E-state index in [0.717, 1.165) is 24.4 Å². The van der Waals surface area contributed by atoms with Crippen molar-refractivity contribution in [2.45, 2.75) is 39.2 Å². The van der Waals surface area contributed by atoms with Gasteiger partial charge in [-0.2, -0.15) is 0 Å². The lowest BCUT2D eigenvalue weighted by atomic mass is 9.76. The Kier molecular flexibility index (Phi) is 4.82. The minimum Gasteiger partial charge on any atom is -0.461 e. The van der Waals surface area contributed by atoms with Crippen molar-refractivity contribution in [3.63, 3.8) is 0 Å². The first kappa shape index (κ1) is 17.9. The van der Waals surface area contributed by atoms with Gasteiger partial charge in [-0.1, -0.05) is 0 Å². The normalized spacial score (nSPS) is 22.5. The summed E-state index contributed by atoms with van der Waals surface area (Å²) in [4.78, 5) is 33.4. The Balaban J connectivity index is 1.65. The lowest BCUT2D eigenvalue weighted by Gasteiger charge is -2.36. The average molecular weight is 345 g/mol. The largest absolute Gasteiger partial charge is 0.461 e. The molecule has 2 saturated heterocycles. The van der Waals surface area contributed by atoms with Crippen molar-refractivity contribution >= 4 is 11.9 Å². The minimum absolute atomic E-state index is 0.0275. The van der Waals surface area contributed by atoms with Crippen LogP contribution in [-0.4, -0.2) is 66.5 Å². The topological polar surface area (TPSA) is 62.7 Å². The van der Waals surface area contributed by atoms with E-state index in [1.807, 2.05) is 49.9 Å². The highest BCUT2D eigenvalue weighted by molar-refractivity contribution is 5.94. The number of piperidine rings is 1. The molecule has 1 spiro atoms. The van der Waals surface area contributed by atoms with E-state index in [2.05, 4.69) is 4.98 Å². The van der Waals surface area contributed by atoms with Gasteiger partial charge in [-0.05, 0) is 52.9 Å². The summed E-state index contributed by atoms with van der Waals surface area (Å²) < 4.78 is 5.58. The Hall–Kier alpha value is -1.95. The monoisotopic (exact) mass is 345 g/mol. The van der Waals surface area contributed by atoms with Crippen molar-refractivity contribution in [3.8, 4) is 0 Å². The van der Waals surface area contributed by atoms with Crippen molar-refractivity contribution in [1.29, 1.82) is 0 Å². The molecule has 0 saturated carbocycles. The van der Waals surface area contributed by atoms with E-state index in [4.69, 9.17) is 4.74 Å². The van der Waals surface area contributed by atoms with Gasteiger partial charge in [0.25, 0.3) is 5.91 Å². The zero-order valence-corrected chi connectivity index (χ0v) is 15.5. The van der Waals surface area contributed by atoms with E-state index in [1.165, 1.54) is 0 Å². The predicted octanol–water partition coefficient (Wildman–Crippen LogP) is 1.80. The van der Waals surface area contributed by atoms with Gasteiger partial charge in [0.2, 0.25) is 0 Å². The van der Waals surface area contributed by atoms with Gasteiger partial charge < -0.3 is 14.5 Å². The number of carbonyl (C=O) groups excluding carboxylic acids is 2. The molecule has 0 bridgehead atoms. The first-order valence-corrected chi connectivity index (χ1v) is 8.89. The number of carbonyl (C=O) groups is 2. The summed E-state index contributed by atoms with van der Waals surface area (Å²) in [5.41, 5.74) is 1.98. The third-order valence-corrected chi connectivity index (χ3v) is 5.23. The molecule has 6 heteroatoms. The molecule has 1 aromatic rings. The van der Waals surface area contributed by atoms with Crippen LogP contribution in [-0.2, 0) is 9.53 Å². The molecule has 0 radical (unpaired) electrons. The number of aryl methyl sites for hydroxylation is 2. The van der Waals surface area contributed by atoms with Crippen LogP contribution in [0.5, 0.6) is 0 Å². The third kappa shape index (κ3) is 3.68. The molecule has 2 aliphatic heterocycles. The van der Waals surface area contributed by atoms with E-state index in [-0.39, 0.29) is 18.0 Å². The number of likely N-dealkylation sites (N-methyl/N-ethyl adjacent to an activating group) is 1. The van der Waals surface area contributed by atoms with Crippen LogP contribution in [0.2, 0.25) is 0 Å². The molecular weight excluding hydrogens is 318 g/mol. The summed E-state index contributed by atoms with van der Waals surface area (Å²) in [5, 5.41) is 0. The van der Waals surface area contributed by atoms with Crippen molar-refractivity contribution in [3.05, 3.63) is 29.1 Å². The molecule has 0 aliphatic carbocycles. The summed E-state index contributed by atoms with van der Waals surface area (Å²) in [6.07, 6.45) is 2.10. The van der Waals surface area contributed by atoms with Gasteiger partial charge >= 0.3 is 5.97 Å². The molecule has 25 heavy (non-hydrogen) atoms. The van der Waals surface area contributed by atoms with Crippen LogP contribution in [0.3, 0.4) is 0 Å².